The van der Waals surface area contributed by atoms with Crippen molar-refractivity contribution in [3.63, 3.8) is 0 Å². The molecule has 1 amide bonds. The summed E-state index contributed by atoms with van der Waals surface area (Å²) >= 11 is 1.46. The summed E-state index contributed by atoms with van der Waals surface area (Å²) in [6.07, 6.45) is 1.67. The van der Waals surface area contributed by atoms with Crippen LogP contribution in [0.1, 0.15) is 22.4 Å². The Hall–Kier alpha value is -3.48. The fourth-order valence-electron chi connectivity index (χ4n) is 4.57. The van der Waals surface area contributed by atoms with E-state index in [9.17, 15) is 9.90 Å². The van der Waals surface area contributed by atoms with E-state index in [4.69, 9.17) is 9.72 Å². The molecule has 0 unspecified atom stereocenters. The van der Waals surface area contributed by atoms with Gasteiger partial charge in [0.1, 0.15) is 23.0 Å². The third-order valence-corrected chi connectivity index (χ3v) is 7.62. The Morgan fingerprint density at radius 3 is 2.68 bits per heavy atom. The van der Waals surface area contributed by atoms with Crippen LogP contribution in [0.3, 0.4) is 0 Å². The first-order chi connectivity index (χ1) is 17.9. The number of nitrogens with zero attached hydrogens (tertiary/aromatic N) is 7. The molecule has 0 aliphatic carbocycles. The first-order valence-electron chi connectivity index (χ1n) is 12.4. The molecule has 3 aromatic rings. The molecule has 1 saturated heterocycles. The predicted molar refractivity (Wildman–Crippen MR) is 146 cm³/mol. The van der Waals surface area contributed by atoms with E-state index in [1.54, 1.807) is 11.1 Å². The van der Waals surface area contributed by atoms with Gasteiger partial charge in [-0.1, -0.05) is 0 Å². The lowest BCUT2D eigenvalue weighted by Gasteiger charge is -2.34. The van der Waals surface area contributed by atoms with E-state index in [0.717, 1.165) is 41.9 Å². The first-order valence-corrected chi connectivity index (χ1v) is 13.2. The maximum absolute atomic E-state index is 13.2. The van der Waals surface area contributed by atoms with E-state index < -0.39 is 0 Å². The van der Waals surface area contributed by atoms with Crippen molar-refractivity contribution in [2.45, 2.75) is 13.8 Å². The van der Waals surface area contributed by atoms with Crippen molar-refractivity contribution < 1.29 is 14.6 Å². The molecule has 1 aromatic carbocycles. The molecule has 2 aliphatic rings. The molecule has 1 fully saturated rings. The molecule has 0 saturated carbocycles. The van der Waals surface area contributed by atoms with E-state index >= 15 is 0 Å². The number of carbonyl (C=O) groups excluding carboxylic acids is 1. The number of aliphatic hydroxyl groups excluding tert-OH is 1. The number of aromatic nitrogens is 3. The largest absolute Gasteiger partial charge is 0.489 e. The van der Waals surface area contributed by atoms with Crippen LogP contribution < -0.4 is 24.8 Å². The van der Waals surface area contributed by atoms with Crippen LogP contribution in [0.25, 0.3) is 0 Å². The highest BCUT2D eigenvalue weighted by molar-refractivity contribution is 7.16. The monoisotopic (exact) mass is 524 g/mol. The molecule has 12 heteroatoms. The summed E-state index contributed by atoms with van der Waals surface area (Å²) in [5.74, 6) is 1.45. The van der Waals surface area contributed by atoms with Gasteiger partial charge < -0.3 is 34.8 Å². The van der Waals surface area contributed by atoms with E-state index in [-0.39, 0.29) is 19.1 Å². The van der Waals surface area contributed by atoms with Crippen LogP contribution in [-0.4, -0.2) is 90.9 Å². The van der Waals surface area contributed by atoms with Gasteiger partial charge in [0.2, 0.25) is 5.95 Å². The third kappa shape index (κ3) is 4.91. The average molecular weight is 525 g/mol. The smallest absolute Gasteiger partial charge is 0.280 e. The number of benzene rings is 1. The number of hydrogen-bond donors (Lipinski definition) is 2. The Morgan fingerprint density at radius 2 is 1.95 bits per heavy atom. The molecular weight excluding hydrogens is 492 g/mol. The Kier molecular flexibility index (Phi) is 7.13. The summed E-state index contributed by atoms with van der Waals surface area (Å²) in [7, 11) is 4.02. The lowest BCUT2D eigenvalue weighted by molar-refractivity contribution is 0.0985. The van der Waals surface area contributed by atoms with Gasteiger partial charge in [-0.05, 0) is 33.0 Å². The second-order valence-corrected chi connectivity index (χ2v) is 10.2. The Bertz CT molecular complexity index is 1290. The van der Waals surface area contributed by atoms with Crippen molar-refractivity contribution >= 4 is 51.1 Å². The minimum absolute atomic E-state index is 0.0875. The molecule has 5 rings (SSSR count). The molecular formula is C25H32N8O3S. The summed E-state index contributed by atoms with van der Waals surface area (Å²) < 4.78 is 5.89. The number of aliphatic hydroxyl groups is 1. The number of likely N-dealkylation sites (N-methyl/N-ethyl adjacent to an activating group) is 1. The highest BCUT2D eigenvalue weighted by Crippen LogP contribution is 2.42. The normalized spacial score (nSPS) is 15.9. The third-order valence-electron chi connectivity index (χ3n) is 6.57. The molecule has 0 radical (unpaired) electrons. The van der Waals surface area contributed by atoms with Crippen LogP contribution >= 0.6 is 11.3 Å². The highest BCUT2D eigenvalue weighted by atomic mass is 32.1. The summed E-state index contributed by atoms with van der Waals surface area (Å²) in [6.45, 7) is 8.26. The van der Waals surface area contributed by atoms with Crippen LogP contribution in [0.15, 0.2) is 24.4 Å². The molecule has 0 bridgehead atoms. The van der Waals surface area contributed by atoms with Crippen molar-refractivity contribution in [3.05, 3.63) is 35.1 Å². The van der Waals surface area contributed by atoms with E-state index in [2.05, 4.69) is 38.2 Å². The maximum atomic E-state index is 13.2. The number of piperazine rings is 1. The second-order valence-electron chi connectivity index (χ2n) is 9.07. The number of amides is 1. The van der Waals surface area contributed by atoms with Gasteiger partial charge in [-0.15, -0.1) is 11.3 Å². The minimum atomic E-state index is -0.157. The van der Waals surface area contributed by atoms with Gasteiger partial charge in [0.05, 0.1) is 23.5 Å². The SMILES string of the molecule is CCN1C(=O)c2nc(C)sc2N(C)c2nc(Nc3ccc(N4CCN(C)CC4)cc3OCCO)ncc21. The van der Waals surface area contributed by atoms with Gasteiger partial charge in [0, 0.05) is 51.5 Å². The fourth-order valence-corrected chi connectivity index (χ4v) is 5.44. The molecule has 37 heavy (non-hydrogen) atoms. The van der Waals surface area contributed by atoms with Crippen molar-refractivity contribution in [1.82, 2.24) is 19.9 Å². The number of hydrogen-bond acceptors (Lipinski definition) is 11. The van der Waals surface area contributed by atoms with Crippen molar-refractivity contribution in [2.75, 3.05) is 80.0 Å². The standard InChI is InChI=1S/C25H32N8O3S/c1-5-33-19-15-26-25(29-22(19)31(4)24-21(23(33)35)27-16(2)37-24)28-18-7-6-17(14-20(18)36-13-12-34)32-10-8-30(3)9-11-32/h6-7,14-15,34H,5,8-13H2,1-4H3,(H,26,28,29). The van der Waals surface area contributed by atoms with Crippen molar-refractivity contribution in [1.29, 1.82) is 0 Å². The fraction of sp³-hybridized carbons (Fsp3) is 0.440. The van der Waals surface area contributed by atoms with Crippen LogP contribution in [0.5, 0.6) is 5.75 Å². The summed E-state index contributed by atoms with van der Waals surface area (Å²) in [5.41, 5.74) is 2.82. The Morgan fingerprint density at radius 1 is 1.16 bits per heavy atom. The number of anilines is 6. The number of carbonyl (C=O) groups is 1. The van der Waals surface area contributed by atoms with Gasteiger partial charge in [0.25, 0.3) is 5.91 Å². The quantitative estimate of drug-likeness (QED) is 0.479. The molecule has 4 heterocycles. The average Bonchev–Trinajstić information content (AvgIpc) is 3.27. The van der Waals surface area contributed by atoms with Crippen LogP contribution in [0.2, 0.25) is 0 Å². The van der Waals surface area contributed by atoms with Gasteiger partial charge >= 0.3 is 0 Å². The number of ether oxygens (including phenoxy) is 1. The zero-order valence-corrected chi connectivity index (χ0v) is 22.4. The molecule has 0 atom stereocenters. The Balaban J connectivity index is 1.47. The number of rotatable bonds is 7. The number of fused-ring (bicyclic) bond motifs is 2. The topological polar surface area (TPSA) is 110 Å². The number of aryl methyl sites for hydroxylation is 1. The molecule has 196 valence electrons. The van der Waals surface area contributed by atoms with Crippen LogP contribution in [0, 0.1) is 6.92 Å². The van der Waals surface area contributed by atoms with Crippen LogP contribution in [-0.2, 0) is 0 Å². The molecule has 11 nitrogen and oxygen atoms in total. The Labute approximate surface area is 220 Å². The van der Waals surface area contributed by atoms with Gasteiger partial charge in [0.15, 0.2) is 11.5 Å². The lowest BCUT2D eigenvalue weighted by atomic mass is 10.2. The minimum Gasteiger partial charge on any atom is -0.489 e. The zero-order valence-electron chi connectivity index (χ0n) is 21.6. The van der Waals surface area contributed by atoms with Crippen molar-refractivity contribution in [2.24, 2.45) is 0 Å². The predicted octanol–water partition coefficient (Wildman–Crippen LogP) is 2.86. The van der Waals surface area contributed by atoms with Crippen LogP contribution in [0.4, 0.5) is 33.8 Å². The number of nitrogens with one attached hydrogen (secondary N) is 1. The van der Waals surface area contributed by atoms with E-state index in [0.29, 0.717) is 41.1 Å². The van der Waals surface area contributed by atoms with E-state index in [1.165, 1.54) is 11.3 Å². The molecule has 2 aliphatic heterocycles. The lowest BCUT2D eigenvalue weighted by Crippen LogP contribution is -2.44. The molecule has 0 spiro atoms. The second kappa shape index (κ2) is 10.5. The van der Waals surface area contributed by atoms with E-state index in [1.807, 2.05) is 37.9 Å². The van der Waals surface area contributed by atoms with Gasteiger partial charge in [-0.2, -0.15) is 4.98 Å². The summed E-state index contributed by atoms with van der Waals surface area (Å²) in [4.78, 5) is 35.2. The van der Waals surface area contributed by atoms with Gasteiger partial charge in [-0.3, -0.25) is 4.79 Å². The summed E-state index contributed by atoms with van der Waals surface area (Å²) in [6, 6.07) is 5.99. The highest BCUT2D eigenvalue weighted by Gasteiger charge is 2.33. The summed E-state index contributed by atoms with van der Waals surface area (Å²) in [5, 5.41) is 14.2. The molecule has 2 N–H and O–H groups in total. The maximum Gasteiger partial charge on any atom is 0.280 e. The molecule has 2 aromatic heterocycles. The zero-order chi connectivity index (χ0) is 26.1. The first kappa shape index (κ1) is 25.2. The number of thiazole rings is 1. The van der Waals surface area contributed by atoms with Crippen molar-refractivity contribution in [3.8, 4) is 5.75 Å². The van der Waals surface area contributed by atoms with Gasteiger partial charge in [-0.25, -0.2) is 9.97 Å².